The minimum Gasteiger partial charge on any atom is -0.378 e. The number of nitrogens with zero attached hydrogens (tertiary/aromatic N) is 1. The summed E-state index contributed by atoms with van der Waals surface area (Å²) in [4.78, 5) is 0. The molecule has 2 aromatic rings. The van der Waals surface area contributed by atoms with E-state index in [1.54, 1.807) is 0 Å². The SMILES string of the molecule is Cc1ccc(C#N)cc1NC(C)c1ccc(Br)cc1Br. The highest BCUT2D eigenvalue weighted by atomic mass is 79.9. The van der Waals surface area contributed by atoms with Crippen LogP contribution in [0.1, 0.15) is 29.7 Å². The third-order valence-corrected chi connectivity index (χ3v) is 4.35. The predicted octanol–water partition coefficient (Wildman–Crippen LogP) is 5.56. The minimum absolute atomic E-state index is 0.144. The average molecular weight is 394 g/mol. The molecule has 0 fully saturated rings. The molecule has 1 N–H and O–H groups in total. The lowest BCUT2D eigenvalue weighted by Gasteiger charge is -2.19. The Hall–Kier alpha value is -1.31. The van der Waals surface area contributed by atoms with Crippen LogP contribution in [0.4, 0.5) is 5.69 Å². The monoisotopic (exact) mass is 392 g/mol. The zero-order chi connectivity index (χ0) is 14.7. The van der Waals surface area contributed by atoms with Gasteiger partial charge in [-0.15, -0.1) is 0 Å². The Morgan fingerprint density at radius 3 is 2.55 bits per heavy atom. The number of benzene rings is 2. The highest BCUT2D eigenvalue weighted by Crippen LogP contribution is 2.30. The third kappa shape index (κ3) is 3.41. The van der Waals surface area contributed by atoms with Gasteiger partial charge in [0, 0.05) is 20.7 Å². The van der Waals surface area contributed by atoms with Crippen molar-refractivity contribution >= 4 is 37.5 Å². The van der Waals surface area contributed by atoms with Crippen molar-refractivity contribution in [1.29, 1.82) is 5.26 Å². The number of anilines is 1. The fourth-order valence-electron chi connectivity index (χ4n) is 2.01. The standard InChI is InChI=1S/C16H14Br2N2/c1-10-3-4-12(9-19)7-16(10)20-11(2)14-6-5-13(17)8-15(14)18/h3-8,11,20H,1-2H3. The normalized spacial score (nSPS) is 11.8. The molecule has 1 unspecified atom stereocenters. The third-order valence-electron chi connectivity index (χ3n) is 3.17. The van der Waals surface area contributed by atoms with E-state index in [0.717, 1.165) is 20.2 Å². The topological polar surface area (TPSA) is 35.8 Å². The molecule has 0 heterocycles. The number of rotatable bonds is 3. The van der Waals surface area contributed by atoms with Crippen molar-refractivity contribution in [2.75, 3.05) is 5.32 Å². The Morgan fingerprint density at radius 1 is 1.15 bits per heavy atom. The Bertz CT molecular complexity index is 675. The summed E-state index contributed by atoms with van der Waals surface area (Å²) in [7, 11) is 0. The molecule has 0 saturated heterocycles. The first-order valence-corrected chi connectivity index (χ1v) is 7.82. The van der Waals surface area contributed by atoms with Gasteiger partial charge >= 0.3 is 0 Å². The lowest BCUT2D eigenvalue weighted by Crippen LogP contribution is -2.08. The van der Waals surface area contributed by atoms with E-state index in [9.17, 15) is 0 Å². The summed E-state index contributed by atoms with van der Waals surface area (Å²) in [6, 6.07) is 14.1. The van der Waals surface area contributed by atoms with Crippen LogP contribution in [0.5, 0.6) is 0 Å². The Morgan fingerprint density at radius 2 is 1.90 bits per heavy atom. The first-order valence-electron chi connectivity index (χ1n) is 6.23. The molecule has 0 bridgehead atoms. The van der Waals surface area contributed by atoms with Crippen LogP contribution in [0, 0.1) is 18.3 Å². The first kappa shape index (κ1) is 15.1. The van der Waals surface area contributed by atoms with E-state index in [-0.39, 0.29) is 6.04 Å². The molecule has 0 aliphatic rings. The maximum absolute atomic E-state index is 8.99. The number of nitrogens with one attached hydrogen (secondary N) is 1. The second-order valence-electron chi connectivity index (χ2n) is 4.67. The van der Waals surface area contributed by atoms with E-state index in [0.29, 0.717) is 5.56 Å². The second kappa shape index (κ2) is 6.43. The summed E-state index contributed by atoms with van der Waals surface area (Å²) in [6.07, 6.45) is 0. The molecule has 0 aliphatic heterocycles. The van der Waals surface area contributed by atoms with Gasteiger partial charge in [0.25, 0.3) is 0 Å². The molecule has 0 spiro atoms. The molecule has 4 heteroatoms. The van der Waals surface area contributed by atoms with Gasteiger partial charge in [-0.2, -0.15) is 5.26 Å². The number of hydrogen-bond acceptors (Lipinski definition) is 2. The molecule has 2 aromatic carbocycles. The second-order valence-corrected chi connectivity index (χ2v) is 6.44. The zero-order valence-corrected chi connectivity index (χ0v) is 14.4. The van der Waals surface area contributed by atoms with Crippen LogP contribution in [-0.2, 0) is 0 Å². The van der Waals surface area contributed by atoms with Crippen LogP contribution >= 0.6 is 31.9 Å². The van der Waals surface area contributed by atoms with Gasteiger partial charge in [0.1, 0.15) is 0 Å². The Balaban J connectivity index is 2.27. The van der Waals surface area contributed by atoms with E-state index in [1.165, 1.54) is 5.56 Å². The van der Waals surface area contributed by atoms with Gasteiger partial charge in [-0.1, -0.05) is 44.0 Å². The Labute approximate surface area is 136 Å². The lowest BCUT2D eigenvalue weighted by molar-refractivity contribution is 0.876. The van der Waals surface area contributed by atoms with E-state index in [4.69, 9.17) is 5.26 Å². The smallest absolute Gasteiger partial charge is 0.0992 e. The van der Waals surface area contributed by atoms with Crippen molar-refractivity contribution in [2.45, 2.75) is 19.9 Å². The highest BCUT2D eigenvalue weighted by Gasteiger charge is 2.11. The van der Waals surface area contributed by atoms with E-state index < -0.39 is 0 Å². The summed E-state index contributed by atoms with van der Waals surface area (Å²) >= 11 is 7.04. The molecule has 0 aliphatic carbocycles. The molecular formula is C16H14Br2N2. The molecule has 2 rings (SSSR count). The molecule has 0 saturated carbocycles. The van der Waals surface area contributed by atoms with Gasteiger partial charge in [0.15, 0.2) is 0 Å². The molecule has 1 atom stereocenters. The molecule has 102 valence electrons. The average Bonchev–Trinajstić information content (AvgIpc) is 2.41. The van der Waals surface area contributed by atoms with Gasteiger partial charge < -0.3 is 5.32 Å². The first-order chi connectivity index (χ1) is 9.51. The van der Waals surface area contributed by atoms with Crippen molar-refractivity contribution in [3.8, 4) is 6.07 Å². The van der Waals surface area contributed by atoms with Crippen molar-refractivity contribution in [1.82, 2.24) is 0 Å². The van der Waals surface area contributed by atoms with Gasteiger partial charge in [0.2, 0.25) is 0 Å². The molecule has 0 aromatic heterocycles. The quantitative estimate of drug-likeness (QED) is 0.740. The Kier molecular flexibility index (Phi) is 4.85. The van der Waals surface area contributed by atoms with Gasteiger partial charge in [-0.05, 0) is 49.2 Å². The summed E-state index contributed by atoms with van der Waals surface area (Å²) in [5, 5.41) is 12.5. The van der Waals surface area contributed by atoms with Crippen LogP contribution in [0.25, 0.3) is 0 Å². The number of aryl methyl sites for hydroxylation is 1. The maximum Gasteiger partial charge on any atom is 0.0992 e. The summed E-state index contributed by atoms with van der Waals surface area (Å²) in [5.74, 6) is 0. The van der Waals surface area contributed by atoms with Gasteiger partial charge in [-0.3, -0.25) is 0 Å². The van der Waals surface area contributed by atoms with E-state index in [2.05, 4.69) is 56.2 Å². The van der Waals surface area contributed by atoms with Crippen LogP contribution in [0.15, 0.2) is 45.3 Å². The highest BCUT2D eigenvalue weighted by molar-refractivity contribution is 9.11. The van der Waals surface area contributed by atoms with Crippen molar-refractivity contribution in [3.63, 3.8) is 0 Å². The summed E-state index contributed by atoms with van der Waals surface area (Å²) in [5.41, 5.74) is 3.96. The number of hydrogen-bond donors (Lipinski definition) is 1. The van der Waals surface area contributed by atoms with Gasteiger partial charge in [-0.25, -0.2) is 0 Å². The lowest BCUT2D eigenvalue weighted by atomic mass is 10.1. The van der Waals surface area contributed by atoms with Crippen LogP contribution in [-0.4, -0.2) is 0 Å². The summed E-state index contributed by atoms with van der Waals surface area (Å²) in [6.45, 7) is 4.14. The molecule has 0 amide bonds. The van der Waals surface area contributed by atoms with E-state index in [1.807, 2.05) is 37.3 Å². The zero-order valence-electron chi connectivity index (χ0n) is 11.2. The maximum atomic E-state index is 8.99. The minimum atomic E-state index is 0.144. The number of nitriles is 1. The molecule has 2 nitrogen and oxygen atoms in total. The molecule has 0 radical (unpaired) electrons. The fraction of sp³-hybridized carbons (Fsp3) is 0.188. The molecular weight excluding hydrogens is 380 g/mol. The number of halogens is 2. The van der Waals surface area contributed by atoms with E-state index >= 15 is 0 Å². The summed E-state index contributed by atoms with van der Waals surface area (Å²) < 4.78 is 2.10. The van der Waals surface area contributed by atoms with Crippen molar-refractivity contribution in [2.24, 2.45) is 0 Å². The van der Waals surface area contributed by atoms with Gasteiger partial charge in [0.05, 0.1) is 11.6 Å². The molecule has 20 heavy (non-hydrogen) atoms. The largest absolute Gasteiger partial charge is 0.378 e. The fourth-order valence-corrected chi connectivity index (χ4v) is 3.40. The van der Waals surface area contributed by atoms with Crippen LogP contribution in [0.2, 0.25) is 0 Å². The van der Waals surface area contributed by atoms with Crippen LogP contribution in [0.3, 0.4) is 0 Å². The van der Waals surface area contributed by atoms with Crippen molar-refractivity contribution < 1.29 is 0 Å². The van der Waals surface area contributed by atoms with Crippen molar-refractivity contribution in [3.05, 3.63) is 62.0 Å². The van der Waals surface area contributed by atoms with Crippen LogP contribution < -0.4 is 5.32 Å². The predicted molar refractivity (Wildman–Crippen MR) is 89.8 cm³/mol.